The first kappa shape index (κ1) is 12.0. The Hall–Kier alpha value is -1.82. The second kappa shape index (κ2) is 4.34. The molecule has 0 aliphatic heterocycles. The summed E-state index contributed by atoms with van der Waals surface area (Å²) in [4.78, 5) is 0. The standard InChI is InChI=1S/C20H20/c1-15-19(16-8-4-2-5-9-16)17-12-13-20(15,14-17)18-10-6-3-7-11-18/h2-11,17H,12-14H2,1H3. The van der Waals surface area contributed by atoms with Gasteiger partial charge in [-0.3, -0.25) is 0 Å². The molecule has 1 saturated carbocycles. The van der Waals surface area contributed by atoms with Crippen LogP contribution in [-0.2, 0) is 5.41 Å². The van der Waals surface area contributed by atoms with Crippen LogP contribution in [0.1, 0.15) is 37.3 Å². The molecular formula is C20H20. The molecule has 2 aliphatic rings. The van der Waals surface area contributed by atoms with E-state index in [1.165, 1.54) is 30.4 Å². The molecule has 2 bridgehead atoms. The van der Waals surface area contributed by atoms with E-state index < -0.39 is 0 Å². The lowest BCUT2D eigenvalue weighted by Crippen LogP contribution is -2.22. The van der Waals surface area contributed by atoms with Gasteiger partial charge in [0.15, 0.2) is 0 Å². The summed E-state index contributed by atoms with van der Waals surface area (Å²) in [6.45, 7) is 2.37. The maximum Gasteiger partial charge on any atom is 0.0171 e. The number of hydrogen-bond donors (Lipinski definition) is 0. The van der Waals surface area contributed by atoms with Gasteiger partial charge in [0.2, 0.25) is 0 Å². The minimum absolute atomic E-state index is 0.317. The average molecular weight is 260 g/mol. The fourth-order valence-corrected chi connectivity index (χ4v) is 4.50. The molecule has 20 heavy (non-hydrogen) atoms. The van der Waals surface area contributed by atoms with Crippen LogP contribution < -0.4 is 0 Å². The van der Waals surface area contributed by atoms with Crippen LogP contribution in [0, 0.1) is 5.92 Å². The van der Waals surface area contributed by atoms with Crippen LogP contribution in [0.2, 0.25) is 0 Å². The maximum absolute atomic E-state index is 2.37. The SMILES string of the molecule is CC1=C(c2ccccc2)C2CCC1(c1ccccc1)C2. The van der Waals surface area contributed by atoms with Gasteiger partial charge < -0.3 is 0 Å². The molecule has 0 heteroatoms. The molecule has 2 atom stereocenters. The van der Waals surface area contributed by atoms with Gasteiger partial charge in [-0.25, -0.2) is 0 Å². The van der Waals surface area contributed by atoms with E-state index in [0.29, 0.717) is 5.41 Å². The van der Waals surface area contributed by atoms with E-state index in [-0.39, 0.29) is 0 Å². The van der Waals surface area contributed by atoms with Crippen molar-refractivity contribution in [3.63, 3.8) is 0 Å². The van der Waals surface area contributed by atoms with Crippen molar-refractivity contribution in [1.29, 1.82) is 0 Å². The number of hydrogen-bond acceptors (Lipinski definition) is 0. The highest BCUT2D eigenvalue weighted by atomic mass is 14.5. The third kappa shape index (κ3) is 1.54. The van der Waals surface area contributed by atoms with E-state index in [2.05, 4.69) is 67.6 Å². The van der Waals surface area contributed by atoms with Gasteiger partial charge in [-0.2, -0.15) is 0 Å². The highest BCUT2D eigenvalue weighted by molar-refractivity contribution is 5.77. The van der Waals surface area contributed by atoms with Crippen molar-refractivity contribution in [1.82, 2.24) is 0 Å². The Bertz CT molecular complexity index is 651. The normalized spacial score (nSPS) is 28.1. The molecular weight excluding hydrogens is 240 g/mol. The molecule has 0 saturated heterocycles. The van der Waals surface area contributed by atoms with Crippen LogP contribution in [0.15, 0.2) is 66.2 Å². The van der Waals surface area contributed by atoms with Crippen molar-refractivity contribution in [2.75, 3.05) is 0 Å². The van der Waals surface area contributed by atoms with Crippen LogP contribution in [0.3, 0.4) is 0 Å². The van der Waals surface area contributed by atoms with Gasteiger partial charge in [0.25, 0.3) is 0 Å². The van der Waals surface area contributed by atoms with Gasteiger partial charge in [-0.1, -0.05) is 66.2 Å². The molecule has 2 aliphatic carbocycles. The van der Waals surface area contributed by atoms with Gasteiger partial charge in [-0.05, 0) is 48.8 Å². The minimum atomic E-state index is 0.317. The second-order valence-corrected chi connectivity index (χ2v) is 6.29. The lowest BCUT2D eigenvalue weighted by atomic mass is 9.73. The Morgan fingerprint density at radius 2 is 1.55 bits per heavy atom. The molecule has 4 rings (SSSR count). The summed E-state index contributed by atoms with van der Waals surface area (Å²) in [7, 11) is 0. The lowest BCUT2D eigenvalue weighted by Gasteiger charge is -2.30. The molecule has 1 fully saturated rings. The number of benzene rings is 2. The predicted octanol–water partition coefficient (Wildman–Crippen LogP) is 5.21. The van der Waals surface area contributed by atoms with Crippen LogP contribution in [0.4, 0.5) is 0 Å². The summed E-state index contributed by atoms with van der Waals surface area (Å²) in [6.07, 6.45) is 3.98. The van der Waals surface area contributed by atoms with Crippen molar-refractivity contribution >= 4 is 5.57 Å². The van der Waals surface area contributed by atoms with Crippen molar-refractivity contribution in [2.24, 2.45) is 5.92 Å². The van der Waals surface area contributed by atoms with E-state index in [1.807, 2.05) is 0 Å². The first-order valence-corrected chi connectivity index (χ1v) is 7.63. The van der Waals surface area contributed by atoms with E-state index in [1.54, 1.807) is 11.1 Å². The smallest absolute Gasteiger partial charge is 0.0171 e. The monoisotopic (exact) mass is 260 g/mol. The third-order valence-corrected chi connectivity index (χ3v) is 5.46. The topological polar surface area (TPSA) is 0 Å². The Morgan fingerprint density at radius 1 is 0.900 bits per heavy atom. The summed E-state index contributed by atoms with van der Waals surface area (Å²) < 4.78 is 0. The number of fused-ring (bicyclic) bond motifs is 2. The van der Waals surface area contributed by atoms with E-state index >= 15 is 0 Å². The largest absolute Gasteiger partial charge is 0.0622 e. The molecule has 2 aromatic carbocycles. The fourth-order valence-electron chi connectivity index (χ4n) is 4.50. The van der Waals surface area contributed by atoms with Crippen LogP contribution in [0.25, 0.3) is 5.57 Å². The fraction of sp³-hybridized carbons (Fsp3) is 0.300. The molecule has 2 aromatic rings. The Labute approximate surface area is 121 Å². The van der Waals surface area contributed by atoms with Crippen LogP contribution in [0.5, 0.6) is 0 Å². The molecule has 0 amide bonds. The van der Waals surface area contributed by atoms with E-state index in [9.17, 15) is 0 Å². The lowest BCUT2D eigenvalue weighted by molar-refractivity contribution is 0.534. The van der Waals surface area contributed by atoms with Gasteiger partial charge in [0.05, 0.1) is 0 Å². The number of rotatable bonds is 2. The molecule has 0 radical (unpaired) electrons. The molecule has 0 heterocycles. The molecule has 0 spiro atoms. The average Bonchev–Trinajstić information content (AvgIpc) is 3.06. The van der Waals surface area contributed by atoms with Crippen molar-refractivity contribution in [2.45, 2.75) is 31.6 Å². The summed E-state index contributed by atoms with van der Waals surface area (Å²) in [5, 5.41) is 0. The van der Waals surface area contributed by atoms with Crippen molar-refractivity contribution in [3.8, 4) is 0 Å². The van der Waals surface area contributed by atoms with E-state index in [0.717, 1.165) is 5.92 Å². The quantitative estimate of drug-likeness (QED) is 0.695. The first-order valence-electron chi connectivity index (χ1n) is 7.63. The first-order chi connectivity index (χ1) is 9.81. The van der Waals surface area contributed by atoms with Crippen molar-refractivity contribution < 1.29 is 0 Å². The van der Waals surface area contributed by atoms with Crippen LogP contribution in [-0.4, -0.2) is 0 Å². The summed E-state index contributed by atoms with van der Waals surface area (Å²) >= 11 is 0. The minimum Gasteiger partial charge on any atom is -0.0622 e. The second-order valence-electron chi connectivity index (χ2n) is 6.29. The van der Waals surface area contributed by atoms with Crippen molar-refractivity contribution in [3.05, 3.63) is 77.4 Å². The highest BCUT2D eigenvalue weighted by Gasteiger charge is 2.49. The van der Waals surface area contributed by atoms with Gasteiger partial charge in [0, 0.05) is 5.41 Å². The predicted molar refractivity (Wildman–Crippen MR) is 84.5 cm³/mol. The van der Waals surface area contributed by atoms with Crippen LogP contribution >= 0.6 is 0 Å². The zero-order valence-corrected chi connectivity index (χ0v) is 12.0. The van der Waals surface area contributed by atoms with Gasteiger partial charge in [-0.15, -0.1) is 0 Å². The maximum atomic E-state index is 2.37. The summed E-state index contributed by atoms with van der Waals surface area (Å²) in [6, 6.07) is 22.1. The zero-order valence-electron chi connectivity index (χ0n) is 12.0. The molecule has 0 aromatic heterocycles. The zero-order chi connectivity index (χ0) is 13.6. The highest BCUT2D eigenvalue weighted by Crippen LogP contribution is 2.60. The molecule has 0 N–H and O–H groups in total. The molecule has 100 valence electrons. The Morgan fingerprint density at radius 3 is 2.25 bits per heavy atom. The summed E-state index contributed by atoms with van der Waals surface area (Å²) in [5.41, 5.74) is 6.52. The third-order valence-electron chi connectivity index (χ3n) is 5.46. The van der Waals surface area contributed by atoms with E-state index in [4.69, 9.17) is 0 Å². The summed E-state index contributed by atoms with van der Waals surface area (Å²) in [5.74, 6) is 0.762. The van der Waals surface area contributed by atoms with Gasteiger partial charge >= 0.3 is 0 Å². The van der Waals surface area contributed by atoms with Gasteiger partial charge in [0.1, 0.15) is 0 Å². The Balaban J connectivity index is 1.87. The molecule has 0 nitrogen and oxygen atoms in total. The molecule has 2 unspecified atom stereocenters. The number of allylic oxidation sites excluding steroid dienone is 2. The Kier molecular flexibility index (Phi) is 2.60.